The summed E-state index contributed by atoms with van der Waals surface area (Å²) in [4.78, 5) is 11.1. The topological polar surface area (TPSA) is 55.8 Å². The van der Waals surface area contributed by atoms with Gasteiger partial charge in [-0.25, -0.2) is 4.39 Å². The summed E-state index contributed by atoms with van der Waals surface area (Å²) >= 11 is 0. The third kappa shape index (κ3) is 6.02. The van der Waals surface area contributed by atoms with Crippen LogP contribution in [0.1, 0.15) is 65.2 Å². The van der Waals surface area contributed by atoms with Gasteiger partial charge in [-0.1, -0.05) is 31.9 Å². The Morgan fingerprint density at radius 2 is 2.03 bits per heavy atom. The fraction of sp³-hybridized carbons (Fsp3) is 0.783. The first-order valence-electron chi connectivity index (χ1n) is 11.1. The zero-order chi connectivity index (χ0) is 23.2. The predicted octanol–water partition coefficient (Wildman–Crippen LogP) is 5.65. The van der Waals surface area contributed by atoms with E-state index in [0.717, 1.165) is 6.92 Å². The van der Waals surface area contributed by atoms with Crippen LogP contribution >= 0.6 is 0 Å². The van der Waals surface area contributed by atoms with E-state index in [0.29, 0.717) is 38.5 Å². The molecule has 0 spiro atoms. The molecule has 0 amide bonds. The summed E-state index contributed by atoms with van der Waals surface area (Å²) in [6.07, 6.45) is -0.251. The van der Waals surface area contributed by atoms with Crippen LogP contribution in [-0.2, 0) is 14.3 Å². The van der Waals surface area contributed by atoms with E-state index in [2.05, 4.69) is 4.74 Å². The molecule has 1 aliphatic carbocycles. The van der Waals surface area contributed by atoms with Gasteiger partial charge in [-0.3, -0.25) is 4.79 Å². The first-order chi connectivity index (χ1) is 14.5. The minimum Gasteiger partial charge on any atom is -0.492 e. The number of aliphatic hydroxyl groups excluding tert-OH is 1. The molecule has 2 rings (SSSR count). The van der Waals surface area contributed by atoms with Crippen molar-refractivity contribution in [2.24, 2.45) is 17.3 Å². The lowest BCUT2D eigenvalue weighted by Gasteiger charge is -2.35. The molecule has 1 saturated carbocycles. The van der Waals surface area contributed by atoms with Crippen LogP contribution in [0.15, 0.2) is 24.0 Å². The Morgan fingerprint density at radius 1 is 1.32 bits per heavy atom. The molecule has 0 aromatic carbocycles. The van der Waals surface area contributed by atoms with E-state index in [1.807, 2.05) is 0 Å². The molecule has 0 bridgehead atoms. The van der Waals surface area contributed by atoms with Crippen LogP contribution in [0, 0.1) is 17.3 Å². The summed E-state index contributed by atoms with van der Waals surface area (Å²) in [5.74, 6) is -0.850. The Balaban J connectivity index is 2.02. The fourth-order valence-corrected chi connectivity index (χ4v) is 4.43. The fourth-order valence-electron chi connectivity index (χ4n) is 4.43. The highest BCUT2D eigenvalue weighted by Crippen LogP contribution is 2.48. The number of alkyl halides is 4. The number of aliphatic hydroxyl groups is 1. The van der Waals surface area contributed by atoms with Crippen LogP contribution in [0.5, 0.6) is 0 Å². The van der Waals surface area contributed by atoms with E-state index in [1.165, 1.54) is 13.2 Å². The van der Waals surface area contributed by atoms with Crippen molar-refractivity contribution >= 4 is 5.97 Å². The van der Waals surface area contributed by atoms with Crippen molar-refractivity contribution in [2.45, 2.75) is 89.8 Å². The van der Waals surface area contributed by atoms with Crippen molar-refractivity contribution in [3.05, 3.63) is 24.0 Å². The number of esters is 1. The predicted molar refractivity (Wildman–Crippen MR) is 109 cm³/mol. The van der Waals surface area contributed by atoms with E-state index in [4.69, 9.17) is 4.74 Å². The second-order valence-electron chi connectivity index (χ2n) is 8.80. The number of halogens is 4. The van der Waals surface area contributed by atoms with Crippen molar-refractivity contribution in [3.8, 4) is 0 Å². The lowest BCUT2D eigenvalue weighted by atomic mass is 9.78. The molecule has 1 heterocycles. The number of hydrogen-bond acceptors (Lipinski definition) is 4. The maximum atomic E-state index is 15.0. The molecule has 0 aromatic heterocycles. The molecule has 1 unspecified atom stereocenters. The number of fused-ring (bicyclic) bond motifs is 1. The Morgan fingerprint density at radius 3 is 2.65 bits per heavy atom. The van der Waals surface area contributed by atoms with Gasteiger partial charge in [-0.05, 0) is 51.0 Å². The van der Waals surface area contributed by atoms with Crippen molar-refractivity contribution in [3.63, 3.8) is 0 Å². The second kappa shape index (κ2) is 10.8. The molecule has 4 nitrogen and oxygen atoms in total. The highest BCUT2D eigenvalue weighted by Gasteiger charge is 2.54. The molecule has 2 aliphatic rings. The average Bonchev–Trinajstić information content (AvgIpc) is 3.26. The van der Waals surface area contributed by atoms with Crippen LogP contribution in [0.25, 0.3) is 0 Å². The van der Waals surface area contributed by atoms with E-state index in [1.54, 1.807) is 19.1 Å². The van der Waals surface area contributed by atoms with E-state index < -0.39 is 29.8 Å². The minimum absolute atomic E-state index is 0.164. The molecule has 1 saturated heterocycles. The number of carbonyl (C=O) groups is 1. The standard InChI is InChI=1S/C23H34F4O4/c1-4-5-14-22(2,23(25,26)27)18(28)13-11-15-10-12-16-20(15)21(24)17(31-16)8-6-7-9-19(29)30-3/h8,11,13,15-16,18,20-21,28H,4-7,9-10,12,14H2,1-3H3/t15-,16-,18-,20-,21-,22?/m1/s1. The summed E-state index contributed by atoms with van der Waals surface area (Å²) in [5, 5.41) is 10.4. The summed E-state index contributed by atoms with van der Waals surface area (Å²) in [6.45, 7) is 2.85. The van der Waals surface area contributed by atoms with Crippen LogP contribution in [0.3, 0.4) is 0 Å². The molecule has 0 aromatic rings. The van der Waals surface area contributed by atoms with Gasteiger partial charge >= 0.3 is 12.1 Å². The zero-order valence-electron chi connectivity index (χ0n) is 18.5. The number of rotatable bonds is 10. The molecule has 1 N–H and O–H groups in total. The summed E-state index contributed by atoms with van der Waals surface area (Å²) in [7, 11) is 1.31. The van der Waals surface area contributed by atoms with Crippen LogP contribution in [-0.4, -0.2) is 42.7 Å². The average molecular weight is 451 g/mol. The van der Waals surface area contributed by atoms with Gasteiger partial charge in [-0.2, -0.15) is 13.2 Å². The van der Waals surface area contributed by atoms with Crippen molar-refractivity contribution < 1.29 is 36.9 Å². The number of hydrogen-bond donors (Lipinski definition) is 1. The van der Waals surface area contributed by atoms with Crippen LogP contribution < -0.4 is 0 Å². The van der Waals surface area contributed by atoms with E-state index >= 15 is 0 Å². The van der Waals surface area contributed by atoms with E-state index in [-0.39, 0.29) is 36.6 Å². The van der Waals surface area contributed by atoms with E-state index in [9.17, 15) is 27.5 Å². The van der Waals surface area contributed by atoms with Gasteiger partial charge in [0.25, 0.3) is 0 Å². The Labute approximate surface area is 181 Å². The molecular formula is C23H34F4O4. The second-order valence-corrected chi connectivity index (χ2v) is 8.80. The lowest BCUT2D eigenvalue weighted by Crippen LogP contribution is -2.44. The third-order valence-electron chi connectivity index (χ3n) is 6.65. The Hall–Kier alpha value is -1.57. The van der Waals surface area contributed by atoms with Crippen LogP contribution in [0.2, 0.25) is 0 Å². The highest BCUT2D eigenvalue weighted by molar-refractivity contribution is 5.69. The minimum atomic E-state index is -4.54. The highest BCUT2D eigenvalue weighted by atomic mass is 19.4. The molecule has 1 aliphatic heterocycles. The summed E-state index contributed by atoms with van der Waals surface area (Å²) in [5.41, 5.74) is -2.23. The van der Waals surface area contributed by atoms with Crippen molar-refractivity contribution in [1.29, 1.82) is 0 Å². The quantitative estimate of drug-likeness (QED) is 0.202. The molecule has 31 heavy (non-hydrogen) atoms. The van der Waals surface area contributed by atoms with Gasteiger partial charge in [-0.15, -0.1) is 0 Å². The number of methoxy groups -OCH3 is 1. The van der Waals surface area contributed by atoms with Crippen molar-refractivity contribution in [1.82, 2.24) is 0 Å². The molecule has 0 radical (unpaired) electrons. The lowest BCUT2D eigenvalue weighted by molar-refractivity contribution is -0.244. The third-order valence-corrected chi connectivity index (χ3v) is 6.65. The largest absolute Gasteiger partial charge is 0.492 e. The van der Waals surface area contributed by atoms with Gasteiger partial charge < -0.3 is 14.6 Å². The molecule has 6 atom stereocenters. The normalized spacial score (nSPS) is 30.3. The maximum Gasteiger partial charge on any atom is 0.397 e. The molecule has 2 fully saturated rings. The molecular weight excluding hydrogens is 416 g/mol. The summed E-state index contributed by atoms with van der Waals surface area (Å²) in [6, 6.07) is 0. The molecule has 178 valence electrons. The van der Waals surface area contributed by atoms with Crippen LogP contribution in [0.4, 0.5) is 17.6 Å². The molecule has 8 heteroatoms. The summed E-state index contributed by atoms with van der Waals surface area (Å²) < 4.78 is 66.2. The number of allylic oxidation sites excluding steroid dienone is 3. The first-order valence-corrected chi connectivity index (χ1v) is 11.1. The SMILES string of the molecule is CCCCC(C)([C@H](O)C=C[C@H]1CC[C@H]2OC(=CCCCC(=O)OC)[C@@H](F)[C@H]12)C(F)(F)F. The monoisotopic (exact) mass is 450 g/mol. The van der Waals surface area contributed by atoms with Crippen molar-refractivity contribution in [2.75, 3.05) is 7.11 Å². The maximum absolute atomic E-state index is 15.0. The van der Waals surface area contributed by atoms with Gasteiger partial charge in [0.1, 0.15) is 11.9 Å². The Kier molecular flexibility index (Phi) is 8.98. The first kappa shape index (κ1) is 25.7. The number of ether oxygens (including phenoxy) is 2. The zero-order valence-corrected chi connectivity index (χ0v) is 18.5. The van der Waals surface area contributed by atoms with Gasteiger partial charge in [0.2, 0.25) is 0 Å². The number of carbonyl (C=O) groups excluding carboxylic acids is 1. The number of unbranched alkanes of at least 4 members (excludes halogenated alkanes) is 2. The Bertz CT molecular complexity index is 660. The van der Waals surface area contributed by atoms with Gasteiger partial charge in [0.15, 0.2) is 6.17 Å². The smallest absolute Gasteiger partial charge is 0.397 e. The van der Waals surface area contributed by atoms with Gasteiger partial charge in [0.05, 0.1) is 18.6 Å². The van der Waals surface area contributed by atoms with Gasteiger partial charge in [0, 0.05) is 12.3 Å².